The van der Waals surface area contributed by atoms with Crippen LogP contribution < -0.4 is 10.6 Å². The normalized spacial score (nSPS) is 11.4. The van der Waals surface area contributed by atoms with Crippen molar-refractivity contribution in [3.05, 3.63) is 24.3 Å². The van der Waals surface area contributed by atoms with Crippen LogP contribution in [0.1, 0.15) is 44.1 Å². The van der Waals surface area contributed by atoms with Crippen LogP contribution in [0.25, 0.3) is 11.0 Å². The molecule has 2 rings (SSSR count). The summed E-state index contributed by atoms with van der Waals surface area (Å²) >= 11 is 0. The lowest BCUT2D eigenvalue weighted by atomic mass is 9.87. The Hall–Kier alpha value is -2.44. The third-order valence-electron chi connectivity index (χ3n) is 3.75. The molecular formula is C16H23N5O2. The third kappa shape index (κ3) is 4.06. The van der Waals surface area contributed by atoms with Gasteiger partial charge in [-0.1, -0.05) is 27.2 Å². The van der Waals surface area contributed by atoms with Gasteiger partial charge in [0.2, 0.25) is 5.91 Å². The van der Waals surface area contributed by atoms with E-state index in [9.17, 15) is 9.59 Å². The van der Waals surface area contributed by atoms with Crippen molar-refractivity contribution in [3.63, 3.8) is 0 Å². The highest BCUT2D eigenvalue weighted by molar-refractivity contribution is 6.03. The summed E-state index contributed by atoms with van der Waals surface area (Å²) in [7, 11) is 0. The van der Waals surface area contributed by atoms with Gasteiger partial charge in [-0.2, -0.15) is 0 Å². The van der Waals surface area contributed by atoms with E-state index in [1.807, 2.05) is 13.8 Å². The molecule has 0 bridgehead atoms. The van der Waals surface area contributed by atoms with Gasteiger partial charge in [-0.15, -0.1) is 0 Å². The average molecular weight is 317 g/mol. The number of H-pyrrole nitrogens is 1. The monoisotopic (exact) mass is 317 g/mol. The van der Waals surface area contributed by atoms with Crippen LogP contribution in [-0.4, -0.2) is 39.9 Å². The van der Waals surface area contributed by atoms with Gasteiger partial charge in [0.1, 0.15) is 17.7 Å². The molecule has 0 saturated carbocycles. The first kappa shape index (κ1) is 16.9. The Balaban J connectivity index is 1.84. The van der Waals surface area contributed by atoms with Crippen molar-refractivity contribution in [2.45, 2.75) is 33.6 Å². The first-order valence-corrected chi connectivity index (χ1v) is 7.80. The highest BCUT2D eigenvalue weighted by Crippen LogP contribution is 2.21. The van der Waals surface area contributed by atoms with E-state index in [1.165, 1.54) is 6.33 Å². The molecule has 0 radical (unpaired) electrons. The summed E-state index contributed by atoms with van der Waals surface area (Å²) in [4.78, 5) is 35.2. The van der Waals surface area contributed by atoms with Gasteiger partial charge < -0.3 is 15.6 Å². The molecule has 0 aromatic carbocycles. The zero-order valence-electron chi connectivity index (χ0n) is 13.8. The first-order valence-electron chi connectivity index (χ1n) is 7.80. The minimum absolute atomic E-state index is 0.00339. The Bertz CT molecular complexity index is 693. The molecule has 0 fully saturated rings. The van der Waals surface area contributed by atoms with Crippen LogP contribution in [0.5, 0.6) is 0 Å². The van der Waals surface area contributed by atoms with E-state index < -0.39 is 0 Å². The van der Waals surface area contributed by atoms with Gasteiger partial charge in [0.15, 0.2) is 0 Å². The summed E-state index contributed by atoms with van der Waals surface area (Å²) in [5, 5.41) is 6.29. The van der Waals surface area contributed by atoms with Crippen LogP contribution in [0.3, 0.4) is 0 Å². The zero-order valence-corrected chi connectivity index (χ0v) is 13.8. The number of nitrogens with one attached hydrogen (secondary N) is 3. The van der Waals surface area contributed by atoms with E-state index >= 15 is 0 Å². The van der Waals surface area contributed by atoms with Gasteiger partial charge in [0, 0.05) is 24.7 Å². The smallest absolute Gasteiger partial charge is 0.270 e. The molecule has 23 heavy (non-hydrogen) atoms. The molecule has 2 aromatic heterocycles. The summed E-state index contributed by atoms with van der Waals surface area (Å²) in [5.41, 5.74) is 0.566. The summed E-state index contributed by atoms with van der Waals surface area (Å²) in [6.07, 6.45) is 4.85. The van der Waals surface area contributed by atoms with Gasteiger partial charge in [-0.05, 0) is 12.5 Å². The van der Waals surface area contributed by atoms with Gasteiger partial charge >= 0.3 is 0 Å². The van der Waals surface area contributed by atoms with Crippen molar-refractivity contribution in [3.8, 4) is 0 Å². The summed E-state index contributed by atoms with van der Waals surface area (Å²) < 4.78 is 0. The highest BCUT2D eigenvalue weighted by Gasteiger charge is 2.25. The van der Waals surface area contributed by atoms with Crippen molar-refractivity contribution >= 4 is 22.8 Å². The maximum Gasteiger partial charge on any atom is 0.270 e. The van der Waals surface area contributed by atoms with Crippen molar-refractivity contribution in [1.29, 1.82) is 0 Å². The number of nitrogens with zero attached hydrogens (tertiary/aromatic N) is 2. The number of aromatic nitrogens is 3. The summed E-state index contributed by atoms with van der Waals surface area (Å²) in [6.45, 7) is 6.64. The molecule has 2 amide bonds. The molecule has 2 aromatic rings. The number of fused-ring (bicyclic) bond motifs is 1. The number of aromatic amines is 1. The Morgan fingerprint density at radius 3 is 2.70 bits per heavy atom. The number of hydrogen-bond acceptors (Lipinski definition) is 4. The number of hydrogen-bond donors (Lipinski definition) is 3. The number of carbonyl (C=O) groups is 2. The molecule has 7 nitrogen and oxygen atoms in total. The van der Waals surface area contributed by atoms with E-state index in [1.54, 1.807) is 12.3 Å². The third-order valence-corrected chi connectivity index (χ3v) is 3.75. The van der Waals surface area contributed by atoms with E-state index in [2.05, 4.69) is 32.5 Å². The van der Waals surface area contributed by atoms with E-state index in [0.29, 0.717) is 29.8 Å². The fourth-order valence-electron chi connectivity index (χ4n) is 2.47. The fourth-order valence-corrected chi connectivity index (χ4v) is 2.47. The maximum absolute atomic E-state index is 12.2. The Kier molecular flexibility index (Phi) is 5.31. The topological polar surface area (TPSA) is 99.8 Å². The lowest BCUT2D eigenvalue weighted by Gasteiger charge is -2.22. The average Bonchev–Trinajstić information content (AvgIpc) is 2.99. The van der Waals surface area contributed by atoms with E-state index in [-0.39, 0.29) is 17.2 Å². The molecule has 0 aliphatic carbocycles. The van der Waals surface area contributed by atoms with Gasteiger partial charge in [-0.25, -0.2) is 9.97 Å². The molecule has 3 N–H and O–H groups in total. The molecule has 0 aliphatic rings. The zero-order chi connectivity index (χ0) is 16.9. The number of rotatable bonds is 7. The SMILES string of the molecule is CCCC(C)(C)C(=O)NCCNC(=O)c1ncnc2[nH]ccc12. The maximum atomic E-state index is 12.2. The Morgan fingerprint density at radius 2 is 1.96 bits per heavy atom. The molecule has 7 heteroatoms. The predicted molar refractivity (Wildman–Crippen MR) is 87.9 cm³/mol. The quantitative estimate of drug-likeness (QED) is 0.676. The first-order chi connectivity index (χ1) is 11.0. The van der Waals surface area contributed by atoms with Crippen LogP contribution in [-0.2, 0) is 4.79 Å². The van der Waals surface area contributed by atoms with E-state index in [4.69, 9.17) is 0 Å². The van der Waals surface area contributed by atoms with Crippen LogP contribution in [0.4, 0.5) is 0 Å². The summed E-state index contributed by atoms with van der Waals surface area (Å²) in [6, 6.07) is 1.76. The number of amides is 2. The van der Waals surface area contributed by atoms with Crippen molar-refractivity contribution in [2.75, 3.05) is 13.1 Å². The fraction of sp³-hybridized carbons (Fsp3) is 0.500. The Morgan fingerprint density at radius 1 is 1.22 bits per heavy atom. The molecule has 0 saturated heterocycles. The minimum Gasteiger partial charge on any atom is -0.354 e. The van der Waals surface area contributed by atoms with Crippen molar-refractivity contribution < 1.29 is 9.59 Å². The number of carbonyl (C=O) groups excluding carboxylic acids is 2. The van der Waals surface area contributed by atoms with Gasteiger partial charge in [-0.3, -0.25) is 9.59 Å². The van der Waals surface area contributed by atoms with Crippen molar-refractivity contribution in [2.24, 2.45) is 5.41 Å². The minimum atomic E-state index is -0.386. The molecule has 0 unspecified atom stereocenters. The standard InChI is InChI=1S/C16H23N5O2/c1-4-6-16(2,3)15(23)19-9-8-18-14(22)12-11-5-7-17-13(11)21-10-20-12/h5,7,10H,4,6,8-9H2,1-3H3,(H,18,22)(H,19,23)(H,17,20,21). The van der Waals surface area contributed by atoms with Crippen LogP contribution in [0.2, 0.25) is 0 Å². The van der Waals surface area contributed by atoms with E-state index in [0.717, 1.165) is 12.8 Å². The predicted octanol–water partition coefficient (Wildman–Crippen LogP) is 1.63. The molecule has 0 spiro atoms. The second-order valence-corrected chi connectivity index (χ2v) is 6.11. The van der Waals surface area contributed by atoms with Gasteiger partial charge in [0.25, 0.3) is 5.91 Å². The lowest BCUT2D eigenvalue weighted by molar-refractivity contribution is -0.129. The molecule has 0 aliphatic heterocycles. The van der Waals surface area contributed by atoms with Crippen molar-refractivity contribution in [1.82, 2.24) is 25.6 Å². The van der Waals surface area contributed by atoms with Gasteiger partial charge in [0.05, 0.1) is 5.39 Å². The molecule has 2 heterocycles. The molecular weight excluding hydrogens is 294 g/mol. The van der Waals surface area contributed by atoms with Crippen LogP contribution in [0, 0.1) is 5.41 Å². The second-order valence-electron chi connectivity index (χ2n) is 6.11. The Labute approximate surface area is 135 Å². The largest absolute Gasteiger partial charge is 0.354 e. The molecule has 124 valence electrons. The van der Waals surface area contributed by atoms with Crippen LogP contribution >= 0.6 is 0 Å². The van der Waals surface area contributed by atoms with Crippen LogP contribution in [0.15, 0.2) is 18.6 Å². The molecule has 0 atom stereocenters. The second kappa shape index (κ2) is 7.21. The highest BCUT2D eigenvalue weighted by atomic mass is 16.2. The summed E-state index contributed by atoms with van der Waals surface area (Å²) in [5.74, 6) is -0.275. The lowest BCUT2D eigenvalue weighted by Crippen LogP contribution is -2.41.